The van der Waals surface area contributed by atoms with Crippen LogP contribution in [0.4, 0.5) is 4.79 Å². The van der Waals surface area contributed by atoms with Crippen LogP contribution in [0.2, 0.25) is 0 Å². The summed E-state index contributed by atoms with van der Waals surface area (Å²) < 4.78 is 9.84. The van der Waals surface area contributed by atoms with E-state index in [1.807, 2.05) is 0 Å². The van der Waals surface area contributed by atoms with Gasteiger partial charge in [-0.3, -0.25) is 4.90 Å². The molecule has 0 N–H and O–H groups in total. The first-order chi connectivity index (χ1) is 8.17. The van der Waals surface area contributed by atoms with Crippen LogP contribution in [0.1, 0.15) is 20.8 Å². The second-order valence-corrected chi connectivity index (χ2v) is 6.13. The van der Waals surface area contributed by atoms with E-state index in [1.165, 1.54) is 12.0 Å². The van der Waals surface area contributed by atoms with E-state index < -0.39 is 34.5 Å². The van der Waals surface area contributed by atoms with Gasteiger partial charge in [0.1, 0.15) is 5.60 Å². The third-order valence-corrected chi connectivity index (χ3v) is 3.51. The highest BCUT2D eigenvalue weighted by molar-refractivity contribution is 6.32. The Hall–Kier alpha value is -0.680. The molecule has 1 amide bonds. The number of hydrogen-bond donors (Lipinski definition) is 0. The van der Waals surface area contributed by atoms with Crippen LogP contribution >= 0.6 is 23.2 Å². The molecule has 18 heavy (non-hydrogen) atoms. The lowest BCUT2D eigenvalue weighted by molar-refractivity contribution is -0.145. The van der Waals surface area contributed by atoms with Crippen LogP contribution in [0.25, 0.3) is 0 Å². The highest BCUT2D eigenvalue weighted by atomic mass is 35.5. The van der Waals surface area contributed by atoms with Crippen LogP contribution in [0.3, 0.4) is 0 Å². The molecule has 5 nitrogen and oxygen atoms in total. The van der Waals surface area contributed by atoms with Crippen molar-refractivity contribution in [1.82, 2.24) is 4.90 Å². The maximum absolute atomic E-state index is 12.0. The molecular weight excluding hydrogens is 281 g/mol. The Morgan fingerprint density at radius 1 is 1.28 bits per heavy atom. The molecule has 0 radical (unpaired) electrons. The molecule has 0 saturated carbocycles. The summed E-state index contributed by atoms with van der Waals surface area (Å²) in [6.07, 6.45) is -0.619. The SMILES string of the molecule is COC(=O)[C@@H]1[C@H](Cl)[C@H](Cl)CN1C(=O)OC(C)(C)C. The maximum atomic E-state index is 12.0. The van der Waals surface area contributed by atoms with Gasteiger partial charge < -0.3 is 9.47 Å². The van der Waals surface area contributed by atoms with Crippen LogP contribution in [0.15, 0.2) is 0 Å². The number of hydrogen-bond acceptors (Lipinski definition) is 4. The fraction of sp³-hybridized carbons (Fsp3) is 0.818. The molecule has 3 atom stereocenters. The largest absolute Gasteiger partial charge is 0.467 e. The Balaban J connectivity index is 2.86. The molecule has 0 spiro atoms. The van der Waals surface area contributed by atoms with Crippen LogP contribution < -0.4 is 0 Å². The highest BCUT2D eigenvalue weighted by Crippen LogP contribution is 2.29. The Morgan fingerprint density at radius 2 is 1.83 bits per heavy atom. The van der Waals surface area contributed by atoms with Gasteiger partial charge in [0, 0.05) is 6.54 Å². The normalized spacial score (nSPS) is 28.1. The van der Waals surface area contributed by atoms with Crippen LogP contribution in [0.5, 0.6) is 0 Å². The van der Waals surface area contributed by atoms with Crippen molar-refractivity contribution < 1.29 is 19.1 Å². The number of rotatable bonds is 1. The summed E-state index contributed by atoms with van der Waals surface area (Å²) >= 11 is 12.0. The average Bonchev–Trinajstić information content (AvgIpc) is 2.52. The number of ether oxygens (including phenoxy) is 2. The van der Waals surface area contributed by atoms with Crippen molar-refractivity contribution in [2.45, 2.75) is 43.2 Å². The molecule has 0 aromatic carbocycles. The van der Waals surface area contributed by atoms with Crippen molar-refractivity contribution >= 4 is 35.3 Å². The molecule has 0 aromatic heterocycles. The molecule has 1 saturated heterocycles. The number of likely N-dealkylation sites (tertiary alicyclic amines) is 1. The van der Waals surface area contributed by atoms with E-state index in [1.54, 1.807) is 20.8 Å². The standard InChI is InChI=1S/C11H17Cl2NO4/c1-11(2,3)18-10(16)14-5-6(12)7(13)8(14)9(15)17-4/h6-8H,5H2,1-4H3/t6-,7-,8+/m1/s1. The quantitative estimate of drug-likeness (QED) is 0.549. The smallest absolute Gasteiger partial charge is 0.411 e. The molecule has 0 unspecified atom stereocenters. The first kappa shape index (κ1) is 15.4. The van der Waals surface area contributed by atoms with Gasteiger partial charge in [-0.05, 0) is 20.8 Å². The van der Waals surface area contributed by atoms with E-state index in [9.17, 15) is 9.59 Å². The zero-order valence-corrected chi connectivity index (χ0v) is 12.3. The highest BCUT2D eigenvalue weighted by Gasteiger charge is 2.48. The lowest BCUT2D eigenvalue weighted by Crippen LogP contribution is -2.46. The maximum Gasteiger partial charge on any atom is 0.411 e. The predicted octanol–water partition coefficient (Wildman–Crippen LogP) is 1.99. The van der Waals surface area contributed by atoms with E-state index in [-0.39, 0.29) is 6.54 Å². The number of carbonyl (C=O) groups excluding carboxylic acids is 2. The molecule has 104 valence electrons. The van der Waals surface area contributed by atoms with Crippen molar-refractivity contribution in [1.29, 1.82) is 0 Å². The van der Waals surface area contributed by atoms with Gasteiger partial charge in [-0.1, -0.05) is 0 Å². The lowest BCUT2D eigenvalue weighted by Gasteiger charge is -2.27. The number of esters is 1. The van der Waals surface area contributed by atoms with E-state index in [0.717, 1.165) is 0 Å². The van der Waals surface area contributed by atoms with Gasteiger partial charge in [0.05, 0.1) is 17.9 Å². The molecule has 0 bridgehead atoms. The summed E-state index contributed by atoms with van der Waals surface area (Å²) in [5.41, 5.74) is -0.649. The molecule has 7 heteroatoms. The Labute approximate surface area is 116 Å². The molecule has 0 aliphatic carbocycles. The Morgan fingerprint density at radius 3 is 2.28 bits per heavy atom. The van der Waals surface area contributed by atoms with Gasteiger partial charge in [-0.15, -0.1) is 23.2 Å². The monoisotopic (exact) mass is 297 g/mol. The minimum atomic E-state index is -0.908. The molecule has 0 aromatic rings. The Bertz CT molecular complexity index is 342. The molecule has 1 heterocycles. The van der Waals surface area contributed by atoms with Crippen molar-refractivity contribution in [3.8, 4) is 0 Å². The molecule has 1 aliphatic heterocycles. The number of alkyl halides is 2. The number of halogens is 2. The van der Waals surface area contributed by atoms with E-state index >= 15 is 0 Å². The van der Waals surface area contributed by atoms with Crippen LogP contribution in [-0.2, 0) is 14.3 Å². The van der Waals surface area contributed by atoms with Crippen molar-refractivity contribution in [2.24, 2.45) is 0 Å². The number of amides is 1. The van der Waals surface area contributed by atoms with Gasteiger partial charge in [-0.25, -0.2) is 9.59 Å². The summed E-state index contributed by atoms with van der Waals surface area (Å²) in [5, 5.41) is -1.20. The van der Waals surface area contributed by atoms with Gasteiger partial charge in [-0.2, -0.15) is 0 Å². The zero-order valence-electron chi connectivity index (χ0n) is 10.8. The van der Waals surface area contributed by atoms with Crippen molar-refractivity contribution in [3.05, 3.63) is 0 Å². The van der Waals surface area contributed by atoms with Gasteiger partial charge in [0.15, 0.2) is 6.04 Å². The van der Waals surface area contributed by atoms with E-state index in [2.05, 4.69) is 4.74 Å². The summed E-state index contributed by atoms with van der Waals surface area (Å²) in [4.78, 5) is 24.8. The number of methoxy groups -OCH3 is 1. The minimum Gasteiger partial charge on any atom is -0.467 e. The lowest BCUT2D eigenvalue weighted by atomic mass is 10.2. The number of nitrogens with zero attached hydrogens (tertiary/aromatic N) is 1. The third kappa shape index (κ3) is 3.42. The van der Waals surface area contributed by atoms with Crippen LogP contribution in [-0.4, -0.2) is 53.0 Å². The minimum absolute atomic E-state index is 0.157. The molecule has 1 aliphatic rings. The van der Waals surface area contributed by atoms with Crippen LogP contribution in [0, 0.1) is 0 Å². The van der Waals surface area contributed by atoms with Crippen molar-refractivity contribution in [3.63, 3.8) is 0 Å². The second kappa shape index (κ2) is 5.53. The van der Waals surface area contributed by atoms with Gasteiger partial charge in [0.2, 0.25) is 0 Å². The molecule has 1 fully saturated rings. The fourth-order valence-electron chi connectivity index (χ4n) is 1.66. The second-order valence-electron chi connectivity index (χ2n) is 5.06. The first-order valence-corrected chi connectivity index (χ1v) is 6.40. The summed E-state index contributed by atoms with van der Waals surface area (Å²) in [6, 6.07) is -0.908. The summed E-state index contributed by atoms with van der Waals surface area (Å²) in [5.74, 6) is -0.594. The number of carbonyl (C=O) groups is 2. The zero-order chi connectivity index (χ0) is 14.1. The third-order valence-electron chi connectivity index (χ3n) is 2.42. The fourth-order valence-corrected chi connectivity index (χ4v) is 2.26. The average molecular weight is 298 g/mol. The first-order valence-electron chi connectivity index (χ1n) is 5.53. The summed E-state index contributed by atoms with van der Waals surface area (Å²) in [6.45, 7) is 5.38. The molecular formula is C11H17Cl2NO4. The van der Waals surface area contributed by atoms with E-state index in [0.29, 0.717) is 0 Å². The van der Waals surface area contributed by atoms with E-state index in [4.69, 9.17) is 27.9 Å². The van der Waals surface area contributed by atoms with Gasteiger partial charge in [0.25, 0.3) is 0 Å². The predicted molar refractivity (Wildman–Crippen MR) is 68.0 cm³/mol. The van der Waals surface area contributed by atoms with Crippen molar-refractivity contribution in [2.75, 3.05) is 13.7 Å². The Kier molecular flexibility index (Phi) is 4.72. The summed E-state index contributed by atoms with van der Waals surface area (Å²) in [7, 11) is 1.24. The molecule has 1 rings (SSSR count). The van der Waals surface area contributed by atoms with Gasteiger partial charge >= 0.3 is 12.1 Å². The topological polar surface area (TPSA) is 55.8 Å².